The molecule has 0 saturated heterocycles. The van der Waals surface area contributed by atoms with Crippen molar-refractivity contribution < 1.29 is 4.39 Å². The fraction of sp³-hybridized carbons (Fsp3) is 0.273. The Hall–Kier alpha value is -1.46. The highest BCUT2D eigenvalue weighted by atomic mass is 35.5. The molecule has 4 nitrogen and oxygen atoms in total. The molecular weight excluding hydrogens is 243 g/mol. The Balaban J connectivity index is 2.21. The van der Waals surface area contributed by atoms with Crippen LogP contribution in [-0.4, -0.2) is 21.7 Å². The number of rotatable bonds is 4. The summed E-state index contributed by atoms with van der Waals surface area (Å²) in [6, 6.07) is 4.40. The van der Waals surface area contributed by atoms with Crippen LogP contribution < -0.4 is 5.73 Å². The van der Waals surface area contributed by atoms with Gasteiger partial charge in [-0.2, -0.15) is 5.10 Å². The zero-order valence-electron chi connectivity index (χ0n) is 9.08. The van der Waals surface area contributed by atoms with Gasteiger partial charge < -0.3 is 5.73 Å². The normalized spacial score (nSPS) is 10.8. The van der Waals surface area contributed by atoms with Gasteiger partial charge in [0.2, 0.25) is 0 Å². The van der Waals surface area contributed by atoms with E-state index in [1.165, 1.54) is 12.1 Å². The van der Waals surface area contributed by atoms with E-state index in [0.717, 1.165) is 18.7 Å². The van der Waals surface area contributed by atoms with Crippen LogP contribution in [0.5, 0.6) is 0 Å². The number of nitrogens with two attached hydrogens (primary N) is 1. The monoisotopic (exact) mass is 254 g/mol. The molecule has 0 aliphatic heterocycles. The van der Waals surface area contributed by atoms with Crippen LogP contribution in [0, 0.1) is 5.82 Å². The third kappa shape index (κ3) is 2.81. The van der Waals surface area contributed by atoms with Crippen molar-refractivity contribution in [2.75, 3.05) is 6.54 Å². The molecule has 90 valence electrons. The predicted octanol–water partition coefficient (Wildman–Crippen LogP) is 2.16. The standard InChI is InChI=1S/C11H12ClFN4/c12-8-6-7(3-4-9(8)13)11-15-10(16-17-11)2-1-5-14/h3-4,6H,1-2,5,14H2,(H,15,16,17). The number of aromatic amines is 1. The van der Waals surface area contributed by atoms with Crippen LogP contribution in [-0.2, 0) is 6.42 Å². The summed E-state index contributed by atoms with van der Waals surface area (Å²) < 4.78 is 13.0. The topological polar surface area (TPSA) is 67.6 Å². The first-order valence-corrected chi connectivity index (χ1v) is 5.65. The van der Waals surface area contributed by atoms with Crippen LogP contribution in [0.3, 0.4) is 0 Å². The van der Waals surface area contributed by atoms with Gasteiger partial charge in [0.05, 0.1) is 5.02 Å². The number of benzene rings is 1. The van der Waals surface area contributed by atoms with E-state index in [0.29, 0.717) is 17.9 Å². The van der Waals surface area contributed by atoms with E-state index in [1.54, 1.807) is 6.07 Å². The van der Waals surface area contributed by atoms with Crippen molar-refractivity contribution in [2.45, 2.75) is 12.8 Å². The number of hydrogen-bond donors (Lipinski definition) is 2. The third-order valence-electron chi connectivity index (χ3n) is 2.33. The van der Waals surface area contributed by atoms with Gasteiger partial charge in [-0.05, 0) is 31.2 Å². The summed E-state index contributed by atoms with van der Waals surface area (Å²) in [6.45, 7) is 0.610. The Kier molecular flexibility index (Phi) is 3.71. The number of nitrogens with one attached hydrogen (secondary N) is 1. The summed E-state index contributed by atoms with van der Waals surface area (Å²) in [5.41, 5.74) is 6.10. The number of H-pyrrole nitrogens is 1. The van der Waals surface area contributed by atoms with Gasteiger partial charge in [0, 0.05) is 12.0 Å². The molecule has 1 heterocycles. The van der Waals surface area contributed by atoms with Crippen molar-refractivity contribution >= 4 is 11.6 Å². The summed E-state index contributed by atoms with van der Waals surface area (Å²) in [5, 5.41) is 6.94. The number of aryl methyl sites for hydroxylation is 1. The molecule has 6 heteroatoms. The smallest absolute Gasteiger partial charge is 0.181 e. The Morgan fingerprint density at radius 2 is 2.24 bits per heavy atom. The summed E-state index contributed by atoms with van der Waals surface area (Å²) in [6.07, 6.45) is 1.59. The fourth-order valence-electron chi connectivity index (χ4n) is 1.44. The molecule has 0 bridgehead atoms. The molecule has 2 rings (SSSR count). The molecule has 3 N–H and O–H groups in total. The molecule has 0 atom stereocenters. The van der Waals surface area contributed by atoms with E-state index >= 15 is 0 Å². The van der Waals surface area contributed by atoms with Crippen LogP contribution in [0.25, 0.3) is 11.4 Å². The molecule has 0 saturated carbocycles. The summed E-state index contributed by atoms with van der Waals surface area (Å²) in [4.78, 5) is 4.29. The highest BCUT2D eigenvalue weighted by molar-refractivity contribution is 6.31. The first kappa shape index (κ1) is 12.0. The molecule has 17 heavy (non-hydrogen) atoms. The van der Waals surface area contributed by atoms with Gasteiger partial charge in [-0.25, -0.2) is 9.37 Å². The minimum absolute atomic E-state index is 0.0656. The van der Waals surface area contributed by atoms with Crippen LogP contribution >= 0.6 is 11.6 Å². The van der Waals surface area contributed by atoms with E-state index in [2.05, 4.69) is 15.2 Å². The summed E-state index contributed by atoms with van der Waals surface area (Å²) in [7, 11) is 0. The minimum Gasteiger partial charge on any atom is -0.330 e. The molecule has 0 radical (unpaired) electrons. The number of nitrogens with zero attached hydrogens (tertiary/aromatic N) is 2. The molecule has 0 spiro atoms. The second-order valence-electron chi connectivity index (χ2n) is 3.63. The molecule has 2 aromatic rings. The maximum absolute atomic E-state index is 13.0. The fourth-order valence-corrected chi connectivity index (χ4v) is 1.62. The molecular formula is C11H12ClFN4. The molecule has 0 amide bonds. The van der Waals surface area contributed by atoms with Gasteiger partial charge in [0.25, 0.3) is 0 Å². The van der Waals surface area contributed by atoms with Crippen LogP contribution in [0.2, 0.25) is 5.02 Å². The Labute approximate surface area is 103 Å². The van der Waals surface area contributed by atoms with Gasteiger partial charge in [0.1, 0.15) is 11.6 Å². The highest BCUT2D eigenvalue weighted by Crippen LogP contribution is 2.22. The molecule has 0 fully saturated rings. The lowest BCUT2D eigenvalue weighted by molar-refractivity contribution is 0.628. The lowest BCUT2D eigenvalue weighted by Gasteiger charge is -1.97. The van der Waals surface area contributed by atoms with E-state index in [9.17, 15) is 4.39 Å². The van der Waals surface area contributed by atoms with Gasteiger partial charge in [0.15, 0.2) is 5.82 Å². The first-order chi connectivity index (χ1) is 8.20. The second kappa shape index (κ2) is 5.25. The molecule has 0 aliphatic carbocycles. The lowest BCUT2D eigenvalue weighted by Crippen LogP contribution is -2.01. The van der Waals surface area contributed by atoms with Crippen molar-refractivity contribution in [2.24, 2.45) is 5.73 Å². The molecule has 1 aromatic carbocycles. The van der Waals surface area contributed by atoms with Crippen LogP contribution in [0.4, 0.5) is 4.39 Å². The molecule has 0 unspecified atom stereocenters. The van der Waals surface area contributed by atoms with Crippen molar-refractivity contribution in [1.29, 1.82) is 0 Å². The van der Waals surface area contributed by atoms with Gasteiger partial charge >= 0.3 is 0 Å². The Bertz CT molecular complexity index is 512. The zero-order chi connectivity index (χ0) is 12.3. The van der Waals surface area contributed by atoms with E-state index < -0.39 is 5.82 Å². The largest absolute Gasteiger partial charge is 0.330 e. The Morgan fingerprint density at radius 1 is 1.41 bits per heavy atom. The maximum Gasteiger partial charge on any atom is 0.181 e. The zero-order valence-corrected chi connectivity index (χ0v) is 9.84. The van der Waals surface area contributed by atoms with Gasteiger partial charge in [-0.15, -0.1) is 0 Å². The van der Waals surface area contributed by atoms with E-state index in [4.69, 9.17) is 17.3 Å². The van der Waals surface area contributed by atoms with Gasteiger partial charge in [-0.1, -0.05) is 11.6 Å². The van der Waals surface area contributed by atoms with Crippen molar-refractivity contribution in [1.82, 2.24) is 15.2 Å². The molecule has 1 aromatic heterocycles. The average molecular weight is 255 g/mol. The Morgan fingerprint density at radius 3 is 2.94 bits per heavy atom. The van der Waals surface area contributed by atoms with E-state index in [-0.39, 0.29) is 5.02 Å². The average Bonchev–Trinajstić information content (AvgIpc) is 2.79. The molecule has 0 aliphatic rings. The summed E-state index contributed by atoms with van der Waals surface area (Å²) in [5.74, 6) is 0.833. The SMILES string of the molecule is NCCCc1nc(-c2ccc(F)c(Cl)c2)n[nH]1. The minimum atomic E-state index is -0.450. The number of hydrogen-bond acceptors (Lipinski definition) is 3. The van der Waals surface area contributed by atoms with Crippen LogP contribution in [0.1, 0.15) is 12.2 Å². The number of halogens is 2. The summed E-state index contributed by atoms with van der Waals surface area (Å²) >= 11 is 5.70. The maximum atomic E-state index is 13.0. The quantitative estimate of drug-likeness (QED) is 0.879. The van der Waals surface area contributed by atoms with Crippen LogP contribution in [0.15, 0.2) is 18.2 Å². The predicted molar refractivity (Wildman–Crippen MR) is 64.2 cm³/mol. The first-order valence-electron chi connectivity index (χ1n) is 5.27. The third-order valence-corrected chi connectivity index (χ3v) is 2.62. The number of aromatic nitrogens is 3. The van der Waals surface area contributed by atoms with E-state index in [1.807, 2.05) is 0 Å². The second-order valence-corrected chi connectivity index (χ2v) is 4.03. The van der Waals surface area contributed by atoms with Gasteiger partial charge in [-0.3, -0.25) is 5.10 Å². The highest BCUT2D eigenvalue weighted by Gasteiger charge is 2.08. The van der Waals surface area contributed by atoms with Crippen molar-refractivity contribution in [3.63, 3.8) is 0 Å². The van der Waals surface area contributed by atoms with Crippen molar-refractivity contribution in [3.05, 3.63) is 34.9 Å². The van der Waals surface area contributed by atoms with Crippen molar-refractivity contribution in [3.8, 4) is 11.4 Å². The lowest BCUT2D eigenvalue weighted by atomic mass is 10.2.